The number of aryl methyl sites for hydroxylation is 1. The number of nitrogens with one attached hydrogen (secondary N) is 1. The first-order valence-corrected chi connectivity index (χ1v) is 12.1. The number of rotatable bonds is 9. The van der Waals surface area contributed by atoms with Crippen LogP contribution in [0.5, 0.6) is 5.75 Å². The number of hydrogen-bond acceptors (Lipinski definition) is 3. The van der Waals surface area contributed by atoms with Gasteiger partial charge in [0.2, 0.25) is 5.91 Å². The van der Waals surface area contributed by atoms with Gasteiger partial charge in [-0.15, -0.1) is 0 Å². The van der Waals surface area contributed by atoms with Crippen molar-refractivity contribution in [2.75, 3.05) is 6.61 Å². The monoisotopic (exact) mass is 492 g/mol. The molecule has 0 aliphatic carbocycles. The van der Waals surface area contributed by atoms with E-state index in [1.807, 2.05) is 100 Å². The van der Waals surface area contributed by atoms with Crippen molar-refractivity contribution in [3.05, 3.63) is 101 Å². The number of carbonyl (C=O) groups is 2. The van der Waals surface area contributed by atoms with Crippen LogP contribution in [0, 0.1) is 6.92 Å². The van der Waals surface area contributed by atoms with Gasteiger partial charge in [0.25, 0.3) is 5.91 Å². The Labute approximate surface area is 213 Å². The lowest BCUT2D eigenvalue weighted by atomic mass is 10.0. The summed E-state index contributed by atoms with van der Waals surface area (Å²) in [6.07, 6.45) is 0.374. The molecule has 3 rings (SSSR count). The molecule has 0 heterocycles. The highest BCUT2D eigenvalue weighted by atomic mass is 35.5. The molecule has 2 amide bonds. The van der Waals surface area contributed by atoms with Crippen molar-refractivity contribution in [2.24, 2.45) is 0 Å². The molecule has 0 aliphatic rings. The maximum Gasteiger partial charge on any atom is 0.261 e. The highest BCUT2D eigenvalue weighted by Crippen LogP contribution is 2.20. The van der Waals surface area contributed by atoms with Crippen molar-refractivity contribution < 1.29 is 14.3 Å². The lowest BCUT2D eigenvalue weighted by Crippen LogP contribution is -2.55. The number of benzene rings is 3. The Morgan fingerprint density at radius 2 is 1.60 bits per heavy atom. The Balaban J connectivity index is 1.94. The molecule has 3 aromatic rings. The first kappa shape index (κ1) is 26.3. The summed E-state index contributed by atoms with van der Waals surface area (Å²) in [5, 5.41) is 3.63. The lowest BCUT2D eigenvalue weighted by Gasteiger charge is -2.33. The summed E-state index contributed by atoms with van der Waals surface area (Å²) in [5.41, 5.74) is 2.29. The number of hydrogen-bond donors (Lipinski definition) is 1. The van der Waals surface area contributed by atoms with Gasteiger partial charge in [0.1, 0.15) is 11.8 Å². The molecule has 0 spiro atoms. The highest BCUT2D eigenvalue weighted by molar-refractivity contribution is 6.30. The Morgan fingerprint density at radius 3 is 2.26 bits per heavy atom. The standard InChI is InChI=1S/C29H33ClN2O3/c1-21-11-8-9-16-26(21)35-20-27(33)32(19-23-14-10-15-24(30)17-23)25(28(34)31-29(2,3)4)18-22-12-6-5-7-13-22/h5-17,25H,18-20H2,1-4H3,(H,31,34)/t25-/m0/s1. The molecule has 1 atom stereocenters. The van der Waals surface area contributed by atoms with Crippen LogP contribution in [0.15, 0.2) is 78.9 Å². The topological polar surface area (TPSA) is 58.6 Å². The average Bonchev–Trinajstić information content (AvgIpc) is 2.80. The molecule has 184 valence electrons. The van der Waals surface area contributed by atoms with Crippen LogP contribution in [-0.2, 0) is 22.6 Å². The van der Waals surface area contributed by atoms with Gasteiger partial charge in [0.15, 0.2) is 6.61 Å². The van der Waals surface area contributed by atoms with Gasteiger partial charge in [-0.2, -0.15) is 0 Å². The molecule has 35 heavy (non-hydrogen) atoms. The van der Waals surface area contributed by atoms with E-state index in [1.54, 1.807) is 11.0 Å². The molecule has 0 aliphatic heterocycles. The van der Waals surface area contributed by atoms with Gasteiger partial charge in [0.05, 0.1) is 0 Å². The molecular formula is C29H33ClN2O3. The van der Waals surface area contributed by atoms with Crippen molar-refractivity contribution in [1.29, 1.82) is 0 Å². The molecule has 0 aromatic heterocycles. The third-order valence-electron chi connectivity index (χ3n) is 5.46. The van der Waals surface area contributed by atoms with E-state index in [-0.39, 0.29) is 25.0 Å². The summed E-state index contributed by atoms with van der Waals surface area (Å²) >= 11 is 6.22. The molecule has 1 N–H and O–H groups in total. The van der Waals surface area contributed by atoms with Crippen LogP contribution in [0.25, 0.3) is 0 Å². The van der Waals surface area contributed by atoms with Crippen LogP contribution in [0.3, 0.4) is 0 Å². The number of amides is 2. The Kier molecular flexibility index (Phi) is 8.94. The first-order valence-electron chi connectivity index (χ1n) is 11.7. The van der Waals surface area contributed by atoms with Crippen molar-refractivity contribution in [3.63, 3.8) is 0 Å². The van der Waals surface area contributed by atoms with Crippen molar-refractivity contribution >= 4 is 23.4 Å². The lowest BCUT2D eigenvalue weighted by molar-refractivity contribution is -0.143. The van der Waals surface area contributed by atoms with E-state index < -0.39 is 11.6 Å². The molecule has 5 nitrogen and oxygen atoms in total. The Bertz CT molecular complexity index is 1140. The molecule has 0 bridgehead atoms. The van der Waals surface area contributed by atoms with E-state index in [2.05, 4.69) is 5.32 Å². The van der Waals surface area contributed by atoms with E-state index >= 15 is 0 Å². The van der Waals surface area contributed by atoms with Crippen LogP contribution in [-0.4, -0.2) is 34.9 Å². The molecule has 0 radical (unpaired) electrons. The van der Waals surface area contributed by atoms with Gasteiger partial charge in [-0.25, -0.2) is 0 Å². The van der Waals surface area contributed by atoms with Gasteiger partial charge in [-0.1, -0.05) is 72.3 Å². The third-order valence-corrected chi connectivity index (χ3v) is 5.69. The van der Waals surface area contributed by atoms with Crippen LogP contribution in [0.2, 0.25) is 5.02 Å². The molecule has 0 fully saturated rings. The van der Waals surface area contributed by atoms with Crippen LogP contribution in [0.4, 0.5) is 0 Å². The summed E-state index contributed by atoms with van der Waals surface area (Å²) in [4.78, 5) is 28.7. The fourth-order valence-electron chi connectivity index (χ4n) is 3.78. The zero-order chi connectivity index (χ0) is 25.4. The second-order valence-electron chi connectivity index (χ2n) is 9.65. The van der Waals surface area contributed by atoms with Gasteiger partial charge in [0, 0.05) is 23.5 Å². The Hall–Kier alpha value is -3.31. The third kappa shape index (κ3) is 8.15. The van der Waals surface area contributed by atoms with Gasteiger partial charge < -0.3 is 15.0 Å². The second-order valence-corrected chi connectivity index (χ2v) is 10.1. The molecule has 6 heteroatoms. The van der Waals surface area contributed by atoms with Crippen LogP contribution >= 0.6 is 11.6 Å². The normalized spacial score (nSPS) is 12.0. The molecule has 3 aromatic carbocycles. The number of nitrogens with zero attached hydrogens (tertiary/aromatic N) is 1. The maximum atomic E-state index is 13.6. The van der Waals surface area contributed by atoms with Gasteiger partial charge >= 0.3 is 0 Å². The van der Waals surface area contributed by atoms with E-state index in [4.69, 9.17) is 16.3 Å². The van der Waals surface area contributed by atoms with E-state index in [0.717, 1.165) is 16.7 Å². The van der Waals surface area contributed by atoms with E-state index in [1.165, 1.54) is 0 Å². The molecule has 0 saturated carbocycles. The van der Waals surface area contributed by atoms with Crippen LogP contribution in [0.1, 0.15) is 37.5 Å². The van der Waals surface area contributed by atoms with Gasteiger partial charge in [-0.05, 0) is 62.6 Å². The fourth-order valence-corrected chi connectivity index (χ4v) is 3.99. The largest absolute Gasteiger partial charge is 0.484 e. The summed E-state index contributed by atoms with van der Waals surface area (Å²) in [5.74, 6) is 0.146. The molecule has 0 unspecified atom stereocenters. The number of ether oxygens (including phenoxy) is 1. The Morgan fingerprint density at radius 1 is 0.943 bits per heavy atom. The minimum absolute atomic E-state index is 0.181. The second kappa shape index (κ2) is 11.9. The summed E-state index contributed by atoms with van der Waals surface area (Å²) in [7, 11) is 0. The van der Waals surface area contributed by atoms with E-state index in [0.29, 0.717) is 17.2 Å². The maximum absolute atomic E-state index is 13.6. The summed E-state index contributed by atoms with van der Waals surface area (Å²) in [6, 6.07) is 23.9. The average molecular weight is 493 g/mol. The molecular weight excluding hydrogens is 460 g/mol. The first-order chi connectivity index (χ1) is 16.6. The minimum atomic E-state index is -0.733. The highest BCUT2D eigenvalue weighted by Gasteiger charge is 2.32. The SMILES string of the molecule is Cc1ccccc1OCC(=O)N(Cc1cccc(Cl)c1)[C@@H](Cc1ccccc1)C(=O)NC(C)(C)C. The van der Waals surface area contributed by atoms with Crippen molar-refractivity contribution in [2.45, 2.75) is 52.2 Å². The summed E-state index contributed by atoms with van der Waals surface area (Å²) < 4.78 is 5.87. The summed E-state index contributed by atoms with van der Waals surface area (Å²) in [6.45, 7) is 7.75. The van der Waals surface area contributed by atoms with Crippen LogP contribution < -0.4 is 10.1 Å². The zero-order valence-electron chi connectivity index (χ0n) is 20.8. The fraction of sp³-hybridized carbons (Fsp3) is 0.310. The number of halogens is 1. The van der Waals surface area contributed by atoms with Gasteiger partial charge in [-0.3, -0.25) is 9.59 Å². The van der Waals surface area contributed by atoms with E-state index in [9.17, 15) is 9.59 Å². The predicted octanol–water partition coefficient (Wildman–Crippen LogP) is 5.58. The smallest absolute Gasteiger partial charge is 0.261 e. The van der Waals surface area contributed by atoms with Crippen molar-refractivity contribution in [3.8, 4) is 5.75 Å². The van der Waals surface area contributed by atoms with Crippen molar-refractivity contribution in [1.82, 2.24) is 10.2 Å². The number of para-hydroxylation sites is 1. The number of carbonyl (C=O) groups excluding carboxylic acids is 2. The zero-order valence-corrected chi connectivity index (χ0v) is 21.5. The molecule has 0 saturated heterocycles. The quantitative estimate of drug-likeness (QED) is 0.424. The minimum Gasteiger partial charge on any atom is -0.484 e. The predicted molar refractivity (Wildman–Crippen MR) is 141 cm³/mol.